The number of hydrogen-bond acceptors (Lipinski definition) is 5. The molecule has 0 saturated heterocycles. The third kappa shape index (κ3) is 6.38. The summed E-state index contributed by atoms with van der Waals surface area (Å²) >= 11 is 0. The largest absolute Gasteiger partial charge is 0.482 e. The third-order valence-electron chi connectivity index (χ3n) is 4.97. The van der Waals surface area contributed by atoms with E-state index in [4.69, 9.17) is 9.47 Å². The molecule has 0 aromatic heterocycles. The van der Waals surface area contributed by atoms with Gasteiger partial charge in [0, 0.05) is 18.0 Å². The molecule has 1 fully saturated rings. The Bertz CT molecular complexity index is 655. The number of ketones is 1. The van der Waals surface area contributed by atoms with Crippen LogP contribution in [-0.2, 0) is 14.3 Å². The van der Waals surface area contributed by atoms with E-state index in [1.807, 2.05) is 0 Å². The molecule has 0 aliphatic heterocycles. The van der Waals surface area contributed by atoms with Crippen molar-refractivity contribution in [2.75, 3.05) is 6.61 Å². The predicted octanol–water partition coefficient (Wildman–Crippen LogP) is 3.28. The lowest BCUT2D eigenvalue weighted by Crippen LogP contribution is -2.46. The number of carbonyl (C=O) groups is 3. The van der Waals surface area contributed by atoms with Gasteiger partial charge in [-0.1, -0.05) is 26.7 Å². The van der Waals surface area contributed by atoms with E-state index >= 15 is 0 Å². The zero-order valence-electron chi connectivity index (χ0n) is 16.3. The van der Waals surface area contributed by atoms with Gasteiger partial charge in [-0.05, 0) is 49.9 Å². The average molecular weight is 375 g/mol. The summed E-state index contributed by atoms with van der Waals surface area (Å²) < 4.78 is 10.5. The number of amides is 1. The summed E-state index contributed by atoms with van der Waals surface area (Å²) in [6.07, 6.45) is 3.96. The second-order valence-electron chi connectivity index (χ2n) is 7.10. The van der Waals surface area contributed by atoms with Crippen LogP contribution in [0.1, 0.15) is 63.2 Å². The fraction of sp³-hybridized carbons (Fsp3) is 0.571. The van der Waals surface area contributed by atoms with Gasteiger partial charge in [0.05, 0.1) is 0 Å². The minimum Gasteiger partial charge on any atom is -0.482 e. The summed E-state index contributed by atoms with van der Waals surface area (Å²) in [5.74, 6) is 0.0740. The van der Waals surface area contributed by atoms with Crippen molar-refractivity contribution < 1.29 is 23.9 Å². The molecule has 0 radical (unpaired) electrons. The maximum atomic E-state index is 12.2. The van der Waals surface area contributed by atoms with Crippen molar-refractivity contribution in [3.63, 3.8) is 0 Å². The van der Waals surface area contributed by atoms with Gasteiger partial charge in [0.1, 0.15) is 5.75 Å². The standard InChI is InChI=1S/C21H29NO5/c1-4-19(23)16-9-11-17(12-10-16)26-13-20(24)27-15(3)21(25)22-18-8-6-5-7-14(18)2/h9-12,14-15,18H,4-8,13H2,1-3H3,(H,22,25). The van der Waals surface area contributed by atoms with E-state index in [-0.39, 0.29) is 24.3 Å². The molecule has 27 heavy (non-hydrogen) atoms. The van der Waals surface area contributed by atoms with E-state index in [1.54, 1.807) is 38.1 Å². The van der Waals surface area contributed by atoms with Crippen LogP contribution >= 0.6 is 0 Å². The van der Waals surface area contributed by atoms with Crippen LogP contribution < -0.4 is 10.1 Å². The van der Waals surface area contributed by atoms with Crippen molar-refractivity contribution in [2.45, 2.75) is 65.0 Å². The van der Waals surface area contributed by atoms with Crippen molar-refractivity contribution >= 4 is 17.7 Å². The number of Topliss-reactive ketones (excluding diaryl/α,β-unsaturated/α-hetero) is 1. The summed E-state index contributed by atoms with van der Waals surface area (Å²) in [5.41, 5.74) is 0.606. The van der Waals surface area contributed by atoms with Crippen LogP contribution in [0.4, 0.5) is 0 Å². The van der Waals surface area contributed by atoms with Crippen LogP contribution in [0, 0.1) is 5.92 Å². The lowest BCUT2D eigenvalue weighted by atomic mass is 9.86. The monoisotopic (exact) mass is 375 g/mol. The van der Waals surface area contributed by atoms with E-state index in [9.17, 15) is 14.4 Å². The maximum Gasteiger partial charge on any atom is 0.344 e. The lowest BCUT2D eigenvalue weighted by molar-refractivity contribution is -0.157. The third-order valence-corrected chi connectivity index (χ3v) is 4.97. The zero-order valence-corrected chi connectivity index (χ0v) is 16.3. The molecule has 0 bridgehead atoms. The Hall–Kier alpha value is -2.37. The SMILES string of the molecule is CCC(=O)c1ccc(OCC(=O)OC(C)C(=O)NC2CCCCC2C)cc1. The predicted molar refractivity (Wildman–Crippen MR) is 102 cm³/mol. The number of carbonyl (C=O) groups excluding carboxylic acids is 3. The molecule has 3 atom stereocenters. The zero-order chi connectivity index (χ0) is 19.8. The molecule has 1 aliphatic carbocycles. The number of hydrogen-bond donors (Lipinski definition) is 1. The average Bonchev–Trinajstić information content (AvgIpc) is 2.67. The highest BCUT2D eigenvalue weighted by Gasteiger charge is 2.26. The van der Waals surface area contributed by atoms with Crippen molar-refractivity contribution in [3.8, 4) is 5.75 Å². The molecule has 1 aromatic rings. The summed E-state index contributed by atoms with van der Waals surface area (Å²) in [4.78, 5) is 35.7. The molecule has 1 saturated carbocycles. The normalized spacial score (nSPS) is 20.4. The van der Waals surface area contributed by atoms with E-state index in [0.717, 1.165) is 19.3 Å². The highest BCUT2D eigenvalue weighted by atomic mass is 16.6. The fourth-order valence-electron chi connectivity index (χ4n) is 3.20. The van der Waals surface area contributed by atoms with Gasteiger partial charge in [0.25, 0.3) is 5.91 Å². The minimum atomic E-state index is -0.861. The Morgan fingerprint density at radius 3 is 2.44 bits per heavy atom. The molecule has 1 N–H and O–H groups in total. The van der Waals surface area contributed by atoms with Crippen LogP contribution in [0.15, 0.2) is 24.3 Å². The van der Waals surface area contributed by atoms with Crippen LogP contribution in [0.3, 0.4) is 0 Å². The van der Waals surface area contributed by atoms with Gasteiger partial charge >= 0.3 is 5.97 Å². The van der Waals surface area contributed by atoms with Crippen LogP contribution in [0.5, 0.6) is 5.75 Å². The van der Waals surface area contributed by atoms with Gasteiger partial charge < -0.3 is 14.8 Å². The molecule has 6 heteroatoms. The first-order valence-electron chi connectivity index (χ1n) is 9.66. The van der Waals surface area contributed by atoms with E-state index in [2.05, 4.69) is 12.2 Å². The maximum absolute atomic E-state index is 12.2. The van der Waals surface area contributed by atoms with Gasteiger partial charge in [-0.2, -0.15) is 0 Å². The molecule has 2 rings (SSSR count). The smallest absolute Gasteiger partial charge is 0.344 e. The summed E-state index contributed by atoms with van der Waals surface area (Å²) in [5, 5.41) is 2.98. The van der Waals surface area contributed by atoms with Crippen molar-refractivity contribution in [2.24, 2.45) is 5.92 Å². The molecular formula is C21H29NO5. The highest BCUT2D eigenvalue weighted by molar-refractivity contribution is 5.95. The second-order valence-corrected chi connectivity index (χ2v) is 7.10. The first-order valence-corrected chi connectivity index (χ1v) is 9.66. The van der Waals surface area contributed by atoms with Gasteiger partial charge in [0.2, 0.25) is 0 Å². The van der Waals surface area contributed by atoms with Crippen molar-refractivity contribution in [1.82, 2.24) is 5.32 Å². The number of ether oxygens (including phenoxy) is 2. The molecule has 148 valence electrons. The van der Waals surface area contributed by atoms with Crippen LogP contribution in [0.2, 0.25) is 0 Å². The molecule has 6 nitrogen and oxygen atoms in total. The quantitative estimate of drug-likeness (QED) is 0.557. The van der Waals surface area contributed by atoms with Gasteiger partial charge in [-0.15, -0.1) is 0 Å². The van der Waals surface area contributed by atoms with E-state index in [1.165, 1.54) is 6.42 Å². The summed E-state index contributed by atoms with van der Waals surface area (Å²) in [6.45, 7) is 5.20. The molecule has 1 aliphatic rings. The number of esters is 1. The Morgan fingerprint density at radius 2 is 1.81 bits per heavy atom. The van der Waals surface area contributed by atoms with Gasteiger partial charge in [-0.25, -0.2) is 4.79 Å². The summed E-state index contributed by atoms with van der Waals surface area (Å²) in [6, 6.07) is 6.74. The lowest BCUT2D eigenvalue weighted by Gasteiger charge is -2.30. The molecule has 1 amide bonds. The topological polar surface area (TPSA) is 81.7 Å². The number of rotatable bonds is 8. The van der Waals surface area contributed by atoms with Gasteiger partial charge in [-0.3, -0.25) is 9.59 Å². The Labute approximate surface area is 160 Å². The molecule has 0 spiro atoms. The Kier molecular flexibility index (Phi) is 7.82. The molecule has 1 aromatic carbocycles. The number of benzene rings is 1. The number of nitrogens with one attached hydrogen (secondary N) is 1. The Balaban J connectivity index is 1.75. The van der Waals surface area contributed by atoms with E-state index in [0.29, 0.717) is 23.7 Å². The van der Waals surface area contributed by atoms with Crippen LogP contribution in [-0.4, -0.2) is 36.4 Å². The molecule has 0 heterocycles. The van der Waals surface area contributed by atoms with Crippen molar-refractivity contribution in [1.29, 1.82) is 0 Å². The fourth-order valence-corrected chi connectivity index (χ4v) is 3.20. The van der Waals surface area contributed by atoms with Crippen LogP contribution in [0.25, 0.3) is 0 Å². The minimum absolute atomic E-state index is 0.0491. The second kappa shape index (κ2) is 10.1. The first-order chi connectivity index (χ1) is 12.9. The highest BCUT2D eigenvalue weighted by Crippen LogP contribution is 2.23. The van der Waals surface area contributed by atoms with Crippen molar-refractivity contribution in [3.05, 3.63) is 29.8 Å². The first kappa shape index (κ1) is 20.9. The molecular weight excluding hydrogens is 346 g/mol. The Morgan fingerprint density at radius 1 is 1.15 bits per heavy atom. The van der Waals surface area contributed by atoms with Gasteiger partial charge in [0.15, 0.2) is 18.5 Å². The molecule has 3 unspecified atom stereocenters. The summed E-state index contributed by atoms with van der Waals surface area (Å²) in [7, 11) is 0. The van der Waals surface area contributed by atoms with E-state index < -0.39 is 12.1 Å².